The van der Waals surface area contributed by atoms with Crippen molar-refractivity contribution in [1.82, 2.24) is 0 Å². The van der Waals surface area contributed by atoms with Crippen LogP contribution >= 0.6 is 34.7 Å². The maximum atomic E-state index is 10.8. The van der Waals surface area contributed by atoms with Crippen LogP contribution in [0.5, 0.6) is 0 Å². The van der Waals surface area contributed by atoms with E-state index >= 15 is 0 Å². The number of hydrogen-bond donors (Lipinski definition) is 1. The smallest absolute Gasteiger partial charge is 0.345 e. The van der Waals surface area contributed by atoms with Crippen molar-refractivity contribution in [2.24, 2.45) is 0 Å². The van der Waals surface area contributed by atoms with Gasteiger partial charge in [-0.3, -0.25) is 10.1 Å². The number of aryl methyl sites for hydroxylation is 1. The Labute approximate surface area is 127 Å². The first-order chi connectivity index (χ1) is 9.38. The highest BCUT2D eigenvalue weighted by Gasteiger charge is 2.16. The van der Waals surface area contributed by atoms with Gasteiger partial charge in [0.15, 0.2) is 0 Å². The zero-order chi connectivity index (χ0) is 14.9. The SMILES string of the molecule is Cc1cc([N+](=O)[O-])c(Cl)cc1Sc1csc(C(=O)O)c1. The summed E-state index contributed by atoms with van der Waals surface area (Å²) in [5.41, 5.74) is 0.583. The van der Waals surface area contributed by atoms with Crippen LogP contribution in [0, 0.1) is 17.0 Å². The van der Waals surface area contributed by atoms with Gasteiger partial charge < -0.3 is 5.11 Å². The fourth-order valence-corrected chi connectivity index (χ4v) is 3.65. The van der Waals surface area contributed by atoms with Gasteiger partial charge >= 0.3 is 5.97 Å². The van der Waals surface area contributed by atoms with Crippen LogP contribution in [0.3, 0.4) is 0 Å². The normalized spacial score (nSPS) is 10.5. The van der Waals surface area contributed by atoms with Crippen LogP contribution in [0.25, 0.3) is 0 Å². The minimum atomic E-state index is -0.972. The summed E-state index contributed by atoms with van der Waals surface area (Å²) in [5, 5.41) is 21.4. The predicted octanol–water partition coefficient (Wildman–Crippen LogP) is 4.47. The van der Waals surface area contributed by atoms with Crippen molar-refractivity contribution < 1.29 is 14.8 Å². The van der Waals surface area contributed by atoms with Crippen LogP contribution in [0.2, 0.25) is 5.02 Å². The van der Waals surface area contributed by atoms with Gasteiger partial charge in [0.2, 0.25) is 0 Å². The van der Waals surface area contributed by atoms with Gasteiger partial charge in [0.25, 0.3) is 5.69 Å². The van der Waals surface area contributed by atoms with E-state index < -0.39 is 10.9 Å². The molecule has 0 bridgehead atoms. The molecule has 0 fully saturated rings. The molecule has 1 heterocycles. The molecule has 0 amide bonds. The van der Waals surface area contributed by atoms with Crippen molar-refractivity contribution in [2.45, 2.75) is 16.7 Å². The molecule has 104 valence electrons. The molecular formula is C12H8ClNO4S2. The number of carboxylic acids is 1. The Morgan fingerprint density at radius 1 is 1.45 bits per heavy atom. The molecule has 8 heteroatoms. The number of rotatable bonds is 4. The molecule has 0 saturated heterocycles. The minimum absolute atomic E-state index is 0.0665. The molecule has 0 aliphatic heterocycles. The van der Waals surface area contributed by atoms with E-state index in [0.717, 1.165) is 21.1 Å². The van der Waals surface area contributed by atoms with Gasteiger partial charge in [-0.25, -0.2) is 4.79 Å². The second-order valence-electron chi connectivity index (χ2n) is 3.88. The minimum Gasteiger partial charge on any atom is -0.477 e. The third-order valence-electron chi connectivity index (χ3n) is 2.46. The van der Waals surface area contributed by atoms with Crippen LogP contribution in [0.1, 0.15) is 15.2 Å². The molecule has 0 aliphatic carbocycles. The summed E-state index contributed by atoms with van der Waals surface area (Å²) in [6.45, 7) is 1.75. The second-order valence-corrected chi connectivity index (χ2v) is 6.31. The van der Waals surface area contributed by atoms with Crippen LogP contribution < -0.4 is 0 Å². The number of halogens is 1. The molecule has 0 unspecified atom stereocenters. The van der Waals surface area contributed by atoms with E-state index in [1.165, 1.54) is 23.9 Å². The number of nitro groups is 1. The quantitative estimate of drug-likeness (QED) is 0.661. The highest BCUT2D eigenvalue weighted by Crippen LogP contribution is 2.37. The monoisotopic (exact) mass is 329 g/mol. The molecule has 0 aliphatic rings. The van der Waals surface area contributed by atoms with Gasteiger partial charge in [-0.15, -0.1) is 11.3 Å². The van der Waals surface area contributed by atoms with Crippen LogP contribution in [-0.2, 0) is 0 Å². The van der Waals surface area contributed by atoms with E-state index in [-0.39, 0.29) is 15.6 Å². The number of hydrogen-bond acceptors (Lipinski definition) is 5. The van der Waals surface area contributed by atoms with E-state index in [4.69, 9.17) is 16.7 Å². The highest BCUT2D eigenvalue weighted by molar-refractivity contribution is 7.99. The molecule has 1 aromatic heterocycles. The van der Waals surface area contributed by atoms with Crippen molar-refractivity contribution >= 4 is 46.4 Å². The molecule has 1 aromatic carbocycles. The van der Waals surface area contributed by atoms with E-state index in [9.17, 15) is 14.9 Å². The molecule has 0 radical (unpaired) electrons. The van der Waals surface area contributed by atoms with Gasteiger partial charge in [-0.1, -0.05) is 23.4 Å². The lowest BCUT2D eigenvalue weighted by Crippen LogP contribution is -1.91. The third kappa shape index (κ3) is 3.12. The average Bonchev–Trinajstić information content (AvgIpc) is 2.81. The first-order valence-electron chi connectivity index (χ1n) is 5.32. The zero-order valence-corrected chi connectivity index (χ0v) is 12.5. The number of aromatic carboxylic acids is 1. The number of nitrogens with zero attached hydrogens (tertiary/aromatic N) is 1. The molecule has 5 nitrogen and oxygen atoms in total. The van der Waals surface area contributed by atoms with Crippen LogP contribution in [-0.4, -0.2) is 16.0 Å². The topological polar surface area (TPSA) is 80.4 Å². The lowest BCUT2D eigenvalue weighted by Gasteiger charge is -2.05. The predicted molar refractivity (Wildman–Crippen MR) is 78.2 cm³/mol. The second kappa shape index (κ2) is 5.82. The third-order valence-corrected chi connectivity index (χ3v) is 4.96. The molecule has 0 spiro atoms. The first-order valence-corrected chi connectivity index (χ1v) is 7.40. The number of nitro benzene ring substituents is 1. The van der Waals surface area contributed by atoms with Crippen LogP contribution in [0.15, 0.2) is 33.4 Å². The Morgan fingerprint density at radius 2 is 2.15 bits per heavy atom. The number of carbonyl (C=O) groups is 1. The Balaban J connectivity index is 2.31. The Bertz CT molecular complexity index is 699. The molecule has 20 heavy (non-hydrogen) atoms. The molecular weight excluding hydrogens is 322 g/mol. The van der Waals surface area contributed by atoms with Crippen molar-refractivity contribution in [2.75, 3.05) is 0 Å². The number of benzene rings is 1. The summed E-state index contributed by atoms with van der Waals surface area (Å²) in [5.74, 6) is -0.972. The van der Waals surface area contributed by atoms with Crippen molar-refractivity contribution in [3.05, 3.63) is 49.2 Å². The molecule has 1 N–H and O–H groups in total. The fraction of sp³-hybridized carbons (Fsp3) is 0.0833. The Kier molecular flexibility index (Phi) is 4.32. The van der Waals surface area contributed by atoms with Crippen molar-refractivity contribution in [3.63, 3.8) is 0 Å². The van der Waals surface area contributed by atoms with Crippen molar-refractivity contribution in [3.8, 4) is 0 Å². The highest BCUT2D eigenvalue weighted by atomic mass is 35.5. The maximum Gasteiger partial charge on any atom is 0.345 e. The Morgan fingerprint density at radius 3 is 2.70 bits per heavy atom. The summed E-state index contributed by atoms with van der Waals surface area (Å²) < 4.78 is 0. The van der Waals surface area contributed by atoms with Crippen molar-refractivity contribution in [1.29, 1.82) is 0 Å². The summed E-state index contributed by atoms with van der Waals surface area (Å²) in [6.07, 6.45) is 0. The lowest BCUT2D eigenvalue weighted by molar-refractivity contribution is -0.384. The number of thiophene rings is 1. The van der Waals surface area contributed by atoms with Gasteiger partial charge in [-0.05, 0) is 24.6 Å². The van der Waals surface area contributed by atoms with E-state index in [0.29, 0.717) is 5.56 Å². The number of carboxylic acid groups (broad SMARTS) is 1. The standard InChI is InChI=1S/C12H8ClNO4S2/c1-6-2-9(14(17)18)8(13)4-10(6)20-7-3-11(12(15)16)19-5-7/h2-5H,1H3,(H,15,16). The summed E-state index contributed by atoms with van der Waals surface area (Å²) in [6, 6.07) is 4.50. The van der Waals surface area contributed by atoms with E-state index in [1.54, 1.807) is 18.4 Å². The Hall–Kier alpha value is -1.57. The fourth-order valence-electron chi connectivity index (χ4n) is 1.51. The average molecular weight is 330 g/mol. The zero-order valence-electron chi connectivity index (χ0n) is 10.1. The van der Waals surface area contributed by atoms with E-state index in [1.807, 2.05) is 0 Å². The lowest BCUT2D eigenvalue weighted by atomic mass is 10.2. The molecule has 0 saturated carbocycles. The maximum absolute atomic E-state index is 10.8. The van der Waals surface area contributed by atoms with Crippen LogP contribution in [0.4, 0.5) is 5.69 Å². The summed E-state index contributed by atoms with van der Waals surface area (Å²) >= 11 is 8.33. The summed E-state index contributed by atoms with van der Waals surface area (Å²) in [7, 11) is 0. The first kappa shape index (κ1) is 14.8. The molecule has 2 rings (SSSR count). The largest absolute Gasteiger partial charge is 0.477 e. The van der Waals surface area contributed by atoms with Gasteiger partial charge in [0.1, 0.15) is 9.90 Å². The van der Waals surface area contributed by atoms with Gasteiger partial charge in [0, 0.05) is 21.2 Å². The molecule has 0 atom stereocenters. The summed E-state index contributed by atoms with van der Waals surface area (Å²) in [4.78, 5) is 22.8. The van der Waals surface area contributed by atoms with Gasteiger partial charge in [-0.2, -0.15) is 0 Å². The van der Waals surface area contributed by atoms with E-state index in [2.05, 4.69) is 0 Å². The molecule has 2 aromatic rings. The van der Waals surface area contributed by atoms with Gasteiger partial charge in [0.05, 0.1) is 4.92 Å².